The highest BCUT2D eigenvalue weighted by atomic mass is 32.2. The highest BCUT2D eigenvalue weighted by Gasteiger charge is 2.40. The zero-order valence-corrected chi connectivity index (χ0v) is 17.4. The molecule has 7 nitrogen and oxygen atoms in total. The van der Waals surface area contributed by atoms with Gasteiger partial charge in [0, 0.05) is 36.9 Å². The first-order valence-corrected chi connectivity index (χ1v) is 11.0. The van der Waals surface area contributed by atoms with Crippen molar-refractivity contribution >= 4 is 35.2 Å². The number of anilines is 1. The highest BCUT2D eigenvalue weighted by Crippen LogP contribution is 2.39. The van der Waals surface area contributed by atoms with Crippen molar-refractivity contribution in [2.24, 2.45) is 0 Å². The maximum absolute atomic E-state index is 13.2. The van der Waals surface area contributed by atoms with Gasteiger partial charge in [-0.25, -0.2) is 0 Å². The Labute approximate surface area is 179 Å². The van der Waals surface area contributed by atoms with Gasteiger partial charge in [-0.1, -0.05) is 18.2 Å². The van der Waals surface area contributed by atoms with Crippen LogP contribution >= 0.6 is 11.8 Å². The van der Waals surface area contributed by atoms with Gasteiger partial charge < -0.3 is 15.1 Å². The lowest BCUT2D eigenvalue weighted by molar-refractivity contribution is -0.135. The Morgan fingerprint density at radius 2 is 1.90 bits per heavy atom. The topological polar surface area (TPSA) is 82.6 Å². The maximum atomic E-state index is 13.2. The van der Waals surface area contributed by atoms with E-state index in [1.165, 1.54) is 16.7 Å². The number of carbonyl (C=O) groups is 3. The lowest BCUT2D eigenvalue weighted by Gasteiger charge is -2.36. The number of pyridine rings is 1. The van der Waals surface area contributed by atoms with Crippen molar-refractivity contribution in [2.75, 3.05) is 24.5 Å². The van der Waals surface area contributed by atoms with Crippen LogP contribution in [0.5, 0.6) is 0 Å². The average Bonchev–Trinajstić information content (AvgIpc) is 2.80. The molecule has 0 saturated carbocycles. The molecule has 1 atom stereocenters. The van der Waals surface area contributed by atoms with E-state index < -0.39 is 5.25 Å². The Bertz CT molecular complexity index is 931. The molecule has 0 aliphatic carbocycles. The second-order valence-corrected chi connectivity index (χ2v) is 8.56. The fourth-order valence-electron chi connectivity index (χ4n) is 3.72. The van der Waals surface area contributed by atoms with Crippen molar-refractivity contribution in [2.45, 2.75) is 36.0 Å². The third kappa shape index (κ3) is 4.48. The minimum Gasteiger partial charge on any atom is -0.350 e. The van der Waals surface area contributed by atoms with E-state index in [1.54, 1.807) is 23.4 Å². The lowest BCUT2D eigenvalue weighted by atomic mass is 10.1. The van der Waals surface area contributed by atoms with Crippen LogP contribution in [0.15, 0.2) is 53.7 Å². The quantitative estimate of drug-likeness (QED) is 0.745. The van der Waals surface area contributed by atoms with Gasteiger partial charge in [0.1, 0.15) is 6.54 Å². The normalized spacial score (nSPS) is 18.7. The van der Waals surface area contributed by atoms with Crippen LogP contribution in [0.3, 0.4) is 0 Å². The minimum absolute atomic E-state index is 0.125. The molecule has 156 valence electrons. The van der Waals surface area contributed by atoms with Crippen molar-refractivity contribution in [3.05, 3.63) is 54.4 Å². The lowest BCUT2D eigenvalue weighted by Crippen LogP contribution is -2.52. The number of thioether (sulfide) groups is 1. The molecular formula is C22H24N4O3S. The first-order chi connectivity index (χ1) is 14.6. The van der Waals surface area contributed by atoms with E-state index in [2.05, 4.69) is 10.3 Å². The molecule has 1 fully saturated rings. The van der Waals surface area contributed by atoms with Crippen LogP contribution in [-0.2, 0) is 20.9 Å². The van der Waals surface area contributed by atoms with Crippen LogP contribution in [0.2, 0.25) is 0 Å². The monoisotopic (exact) mass is 424 g/mol. The second kappa shape index (κ2) is 9.30. The third-order valence-electron chi connectivity index (χ3n) is 5.30. The van der Waals surface area contributed by atoms with Gasteiger partial charge in [-0.15, -0.1) is 11.8 Å². The molecule has 8 heteroatoms. The first-order valence-electron chi connectivity index (χ1n) is 10.1. The van der Waals surface area contributed by atoms with Crippen molar-refractivity contribution in [1.82, 2.24) is 15.2 Å². The van der Waals surface area contributed by atoms with Gasteiger partial charge in [-0.2, -0.15) is 0 Å². The van der Waals surface area contributed by atoms with Crippen molar-refractivity contribution in [1.29, 1.82) is 0 Å². The number of aromatic nitrogens is 1. The number of hydrogen-bond donors (Lipinski definition) is 1. The fraction of sp³-hybridized carbons (Fsp3) is 0.364. The predicted octanol–water partition coefficient (Wildman–Crippen LogP) is 2.22. The standard InChI is InChI=1S/C22H24N4O3S/c27-19(24-14-16-7-6-10-23-13-16)15-26-17-8-2-3-9-18(17)30-20(22(26)29)21(28)25-11-4-1-5-12-25/h2-3,6-10,13,20H,1,4-5,11-12,14-15H2,(H,24,27). The Hall–Kier alpha value is -2.87. The summed E-state index contributed by atoms with van der Waals surface area (Å²) in [7, 11) is 0. The molecule has 2 aliphatic heterocycles. The predicted molar refractivity (Wildman–Crippen MR) is 115 cm³/mol. The number of para-hydroxylation sites is 1. The number of nitrogens with zero attached hydrogens (tertiary/aromatic N) is 3. The molecule has 3 heterocycles. The zero-order valence-electron chi connectivity index (χ0n) is 16.6. The smallest absolute Gasteiger partial charge is 0.250 e. The van der Waals surface area contributed by atoms with Crippen LogP contribution in [0.1, 0.15) is 24.8 Å². The van der Waals surface area contributed by atoms with E-state index in [9.17, 15) is 14.4 Å². The van der Waals surface area contributed by atoms with Crippen molar-refractivity contribution < 1.29 is 14.4 Å². The Morgan fingerprint density at radius 1 is 1.10 bits per heavy atom. The molecule has 0 spiro atoms. The van der Waals surface area contributed by atoms with Gasteiger partial charge in [-0.3, -0.25) is 19.4 Å². The molecule has 2 aromatic rings. The molecule has 1 aromatic carbocycles. The second-order valence-electron chi connectivity index (χ2n) is 7.41. The van der Waals surface area contributed by atoms with Crippen LogP contribution in [0.4, 0.5) is 5.69 Å². The molecule has 0 bridgehead atoms. The summed E-state index contributed by atoms with van der Waals surface area (Å²) >= 11 is 1.29. The molecule has 1 aromatic heterocycles. The Balaban J connectivity index is 1.49. The summed E-state index contributed by atoms with van der Waals surface area (Å²) < 4.78 is 0. The minimum atomic E-state index is -0.843. The van der Waals surface area contributed by atoms with E-state index in [-0.39, 0.29) is 24.3 Å². The number of nitrogens with one attached hydrogen (secondary N) is 1. The summed E-state index contributed by atoms with van der Waals surface area (Å²) in [6.45, 7) is 1.59. The summed E-state index contributed by atoms with van der Waals surface area (Å²) in [5, 5.41) is 1.99. The van der Waals surface area contributed by atoms with E-state index in [1.807, 2.05) is 30.3 Å². The number of fused-ring (bicyclic) bond motifs is 1. The maximum Gasteiger partial charge on any atom is 0.250 e. The Morgan fingerprint density at radius 3 is 2.67 bits per heavy atom. The summed E-state index contributed by atoms with van der Waals surface area (Å²) in [6.07, 6.45) is 6.40. The number of benzene rings is 1. The van der Waals surface area contributed by atoms with Crippen LogP contribution in [0, 0.1) is 0 Å². The molecule has 3 amide bonds. The van der Waals surface area contributed by atoms with Gasteiger partial charge in [0.2, 0.25) is 11.8 Å². The number of rotatable bonds is 5. The highest BCUT2D eigenvalue weighted by molar-refractivity contribution is 8.01. The van der Waals surface area contributed by atoms with E-state index in [0.29, 0.717) is 25.3 Å². The average molecular weight is 425 g/mol. The Kier molecular flexibility index (Phi) is 6.32. The van der Waals surface area contributed by atoms with E-state index in [4.69, 9.17) is 0 Å². The molecule has 1 N–H and O–H groups in total. The number of amides is 3. The fourth-order valence-corrected chi connectivity index (χ4v) is 4.91. The zero-order chi connectivity index (χ0) is 20.9. The number of carbonyl (C=O) groups excluding carboxylic acids is 3. The molecule has 1 unspecified atom stereocenters. The largest absolute Gasteiger partial charge is 0.350 e. The molecule has 1 saturated heterocycles. The molecular weight excluding hydrogens is 400 g/mol. The van der Waals surface area contributed by atoms with Crippen LogP contribution in [0.25, 0.3) is 0 Å². The van der Waals surface area contributed by atoms with Gasteiger partial charge in [0.15, 0.2) is 5.25 Å². The first kappa shape index (κ1) is 20.4. The number of piperidine rings is 1. The van der Waals surface area contributed by atoms with Crippen molar-refractivity contribution in [3.8, 4) is 0 Å². The third-order valence-corrected chi connectivity index (χ3v) is 6.54. The molecule has 4 rings (SSSR count). The summed E-state index contributed by atoms with van der Waals surface area (Å²) in [4.78, 5) is 47.0. The van der Waals surface area contributed by atoms with Crippen LogP contribution in [-0.4, -0.2) is 52.5 Å². The van der Waals surface area contributed by atoms with Gasteiger partial charge in [0.05, 0.1) is 5.69 Å². The van der Waals surface area contributed by atoms with Gasteiger partial charge in [0.25, 0.3) is 5.91 Å². The molecule has 30 heavy (non-hydrogen) atoms. The molecule has 2 aliphatic rings. The summed E-state index contributed by atoms with van der Waals surface area (Å²) in [5.41, 5.74) is 1.55. The van der Waals surface area contributed by atoms with E-state index >= 15 is 0 Å². The van der Waals surface area contributed by atoms with E-state index in [0.717, 1.165) is 29.7 Å². The number of hydrogen-bond acceptors (Lipinski definition) is 5. The van der Waals surface area contributed by atoms with Crippen molar-refractivity contribution in [3.63, 3.8) is 0 Å². The summed E-state index contributed by atoms with van der Waals surface area (Å²) in [5.74, 6) is -0.760. The molecule has 0 radical (unpaired) electrons. The summed E-state index contributed by atoms with van der Waals surface area (Å²) in [6, 6.07) is 11.1. The SMILES string of the molecule is O=C(CN1C(=O)C(C(=O)N2CCCCC2)Sc2ccccc21)NCc1cccnc1. The van der Waals surface area contributed by atoms with Crippen LogP contribution < -0.4 is 10.2 Å². The van der Waals surface area contributed by atoms with Gasteiger partial charge >= 0.3 is 0 Å². The number of likely N-dealkylation sites (tertiary alicyclic amines) is 1. The van der Waals surface area contributed by atoms with Gasteiger partial charge in [-0.05, 0) is 43.0 Å².